The average molecular weight is 378 g/mol. The molecule has 0 atom stereocenters. The van der Waals surface area contributed by atoms with Crippen LogP contribution in [-0.4, -0.2) is 48.7 Å². The Morgan fingerprint density at radius 3 is 2.61 bits per heavy atom. The van der Waals surface area contributed by atoms with Gasteiger partial charge in [0.15, 0.2) is 11.5 Å². The van der Waals surface area contributed by atoms with E-state index in [1.54, 1.807) is 20.5 Å². The Labute approximate surface area is 165 Å². The molecule has 28 heavy (non-hydrogen) atoms. The van der Waals surface area contributed by atoms with Gasteiger partial charge in [0.05, 0.1) is 19.7 Å². The van der Waals surface area contributed by atoms with E-state index in [0.717, 1.165) is 60.8 Å². The Morgan fingerprint density at radius 1 is 1.04 bits per heavy atom. The molecule has 2 aromatic carbocycles. The van der Waals surface area contributed by atoms with E-state index in [4.69, 9.17) is 9.47 Å². The van der Waals surface area contributed by atoms with Crippen LogP contribution in [-0.2, 0) is 13.0 Å². The first kappa shape index (κ1) is 18.5. The van der Waals surface area contributed by atoms with Crippen LogP contribution in [0.25, 0.3) is 10.9 Å². The smallest absolute Gasteiger partial charge is 0.161 e. The maximum absolute atomic E-state index is 5.46. The molecule has 0 amide bonds. The van der Waals surface area contributed by atoms with Gasteiger partial charge in [0.25, 0.3) is 0 Å². The zero-order valence-electron chi connectivity index (χ0n) is 16.7. The minimum atomic E-state index is 0.795. The van der Waals surface area contributed by atoms with Crippen LogP contribution in [0.5, 0.6) is 11.5 Å². The summed E-state index contributed by atoms with van der Waals surface area (Å²) in [6.07, 6.45) is 2.64. The molecule has 6 heteroatoms. The molecule has 0 bridgehead atoms. The summed E-state index contributed by atoms with van der Waals surface area (Å²) in [5, 5.41) is 4.56. The molecule has 0 saturated carbocycles. The van der Waals surface area contributed by atoms with Gasteiger partial charge in [0, 0.05) is 31.6 Å². The van der Waals surface area contributed by atoms with Gasteiger partial charge < -0.3 is 14.8 Å². The number of aryl methyl sites for hydroxylation is 1. The molecule has 0 fully saturated rings. The largest absolute Gasteiger partial charge is 0.493 e. The lowest BCUT2D eigenvalue weighted by atomic mass is 9.99. The third kappa shape index (κ3) is 3.73. The van der Waals surface area contributed by atoms with Crippen LogP contribution in [0.2, 0.25) is 0 Å². The first-order valence-corrected chi connectivity index (χ1v) is 9.59. The molecule has 146 valence electrons. The monoisotopic (exact) mass is 378 g/mol. The quantitative estimate of drug-likeness (QED) is 0.709. The minimum Gasteiger partial charge on any atom is -0.493 e. The number of fused-ring (bicyclic) bond motifs is 2. The lowest BCUT2D eigenvalue weighted by Gasteiger charge is -2.29. The highest BCUT2D eigenvalue weighted by atomic mass is 16.5. The van der Waals surface area contributed by atoms with Gasteiger partial charge in [0.2, 0.25) is 0 Å². The fourth-order valence-electron chi connectivity index (χ4n) is 3.78. The Hall–Kier alpha value is -2.86. The fraction of sp³-hybridized carbons (Fsp3) is 0.364. The molecule has 0 saturated heterocycles. The summed E-state index contributed by atoms with van der Waals surface area (Å²) in [7, 11) is 3.37. The van der Waals surface area contributed by atoms with Crippen LogP contribution in [0.3, 0.4) is 0 Å². The number of ether oxygens (including phenoxy) is 2. The molecule has 0 radical (unpaired) electrons. The first-order chi connectivity index (χ1) is 13.7. The zero-order valence-corrected chi connectivity index (χ0v) is 16.7. The van der Waals surface area contributed by atoms with Gasteiger partial charge in [-0.2, -0.15) is 0 Å². The summed E-state index contributed by atoms with van der Waals surface area (Å²) in [5.74, 6) is 2.50. The van der Waals surface area contributed by atoms with Crippen molar-refractivity contribution < 1.29 is 9.47 Å². The number of methoxy groups -OCH3 is 2. The number of nitrogens with zero attached hydrogens (tertiary/aromatic N) is 3. The lowest BCUT2D eigenvalue weighted by Crippen LogP contribution is -2.34. The third-order valence-electron chi connectivity index (χ3n) is 5.31. The summed E-state index contributed by atoms with van der Waals surface area (Å²) in [6, 6.07) is 10.5. The van der Waals surface area contributed by atoms with Crippen molar-refractivity contribution in [3.05, 3.63) is 53.3 Å². The summed E-state index contributed by atoms with van der Waals surface area (Å²) in [6.45, 7) is 5.83. The normalized spacial score (nSPS) is 14.0. The summed E-state index contributed by atoms with van der Waals surface area (Å²) in [5.41, 5.74) is 4.84. The minimum absolute atomic E-state index is 0.795. The van der Waals surface area contributed by atoms with Crippen molar-refractivity contribution in [1.82, 2.24) is 14.9 Å². The van der Waals surface area contributed by atoms with Crippen LogP contribution >= 0.6 is 0 Å². The van der Waals surface area contributed by atoms with E-state index in [1.807, 2.05) is 6.07 Å². The van der Waals surface area contributed by atoms with Crippen molar-refractivity contribution in [2.24, 2.45) is 0 Å². The van der Waals surface area contributed by atoms with E-state index in [-0.39, 0.29) is 0 Å². The Morgan fingerprint density at radius 2 is 1.82 bits per heavy atom. The molecule has 3 aromatic rings. The standard InChI is InChI=1S/C22H26N4O2/c1-15-4-5-19-18(10-15)22(25-14-24-19)23-7-9-26-8-6-16-11-20(27-2)21(28-3)12-17(16)13-26/h4-5,10-12,14H,6-9,13H2,1-3H3,(H,23,24,25). The molecule has 2 heterocycles. The Balaban J connectivity index is 1.41. The maximum Gasteiger partial charge on any atom is 0.161 e. The van der Waals surface area contributed by atoms with Gasteiger partial charge in [-0.3, -0.25) is 4.90 Å². The number of hydrogen-bond donors (Lipinski definition) is 1. The number of rotatable bonds is 6. The van der Waals surface area contributed by atoms with E-state index in [9.17, 15) is 0 Å². The molecule has 0 unspecified atom stereocenters. The van der Waals surface area contributed by atoms with Crippen molar-refractivity contribution in [2.75, 3.05) is 39.2 Å². The van der Waals surface area contributed by atoms with Crippen LogP contribution < -0.4 is 14.8 Å². The summed E-state index contributed by atoms with van der Waals surface area (Å²) >= 11 is 0. The van der Waals surface area contributed by atoms with Gasteiger partial charge in [0.1, 0.15) is 12.1 Å². The highest BCUT2D eigenvalue weighted by Gasteiger charge is 2.19. The molecule has 4 rings (SSSR count). The SMILES string of the molecule is COc1cc2c(cc1OC)CN(CCNc1ncnc3ccc(C)cc13)CC2. The van der Waals surface area contributed by atoms with E-state index in [0.29, 0.717) is 0 Å². The fourth-order valence-corrected chi connectivity index (χ4v) is 3.78. The van der Waals surface area contributed by atoms with E-state index in [2.05, 4.69) is 51.4 Å². The number of benzene rings is 2. The predicted octanol–water partition coefficient (Wildman–Crippen LogP) is 3.43. The molecule has 1 N–H and O–H groups in total. The number of aromatic nitrogens is 2. The van der Waals surface area contributed by atoms with Crippen LogP contribution in [0.15, 0.2) is 36.7 Å². The molecule has 1 aromatic heterocycles. The van der Waals surface area contributed by atoms with E-state index >= 15 is 0 Å². The topological polar surface area (TPSA) is 59.5 Å². The molecular weight excluding hydrogens is 352 g/mol. The zero-order chi connectivity index (χ0) is 19.5. The molecule has 1 aliphatic rings. The second-order valence-corrected chi connectivity index (χ2v) is 7.17. The van der Waals surface area contributed by atoms with E-state index < -0.39 is 0 Å². The second kappa shape index (κ2) is 8.02. The van der Waals surface area contributed by atoms with E-state index in [1.165, 1.54) is 16.7 Å². The van der Waals surface area contributed by atoms with Gasteiger partial charge in [-0.1, -0.05) is 11.6 Å². The van der Waals surface area contributed by atoms with Crippen LogP contribution in [0, 0.1) is 6.92 Å². The summed E-state index contributed by atoms with van der Waals surface area (Å²) in [4.78, 5) is 11.2. The Bertz CT molecular complexity index is 990. The third-order valence-corrected chi connectivity index (χ3v) is 5.31. The highest BCUT2D eigenvalue weighted by Crippen LogP contribution is 2.33. The van der Waals surface area contributed by atoms with Crippen molar-refractivity contribution in [2.45, 2.75) is 19.9 Å². The summed E-state index contributed by atoms with van der Waals surface area (Å²) < 4.78 is 10.9. The van der Waals surface area contributed by atoms with Crippen molar-refractivity contribution in [3.8, 4) is 11.5 Å². The number of anilines is 1. The van der Waals surface area contributed by atoms with Crippen molar-refractivity contribution in [1.29, 1.82) is 0 Å². The van der Waals surface area contributed by atoms with Crippen LogP contribution in [0.4, 0.5) is 5.82 Å². The molecule has 1 aliphatic heterocycles. The van der Waals surface area contributed by atoms with Crippen molar-refractivity contribution >= 4 is 16.7 Å². The predicted molar refractivity (Wildman–Crippen MR) is 111 cm³/mol. The van der Waals surface area contributed by atoms with Gasteiger partial charge in [-0.25, -0.2) is 9.97 Å². The molecule has 0 spiro atoms. The average Bonchev–Trinajstić information content (AvgIpc) is 2.72. The molecule has 6 nitrogen and oxygen atoms in total. The number of nitrogens with one attached hydrogen (secondary N) is 1. The first-order valence-electron chi connectivity index (χ1n) is 9.59. The van der Waals surface area contributed by atoms with Gasteiger partial charge in [-0.05, 0) is 48.7 Å². The maximum atomic E-state index is 5.46. The number of hydrogen-bond acceptors (Lipinski definition) is 6. The highest BCUT2D eigenvalue weighted by molar-refractivity contribution is 5.89. The van der Waals surface area contributed by atoms with Crippen molar-refractivity contribution in [3.63, 3.8) is 0 Å². The Kier molecular flexibility index (Phi) is 5.30. The second-order valence-electron chi connectivity index (χ2n) is 7.17. The lowest BCUT2D eigenvalue weighted by molar-refractivity contribution is 0.262. The van der Waals surface area contributed by atoms with Gasteiger partial charge in [-0.15, -0.1) is 0 Å². The molecular formula is C22H26N4O2. The molecule has 0 aliphatic carbocycles. The van der Waals surface area contributed by atoms with Crippen LogP contribution in [0.1, 0.15) is 16.7 Å². The van der Waals surface area contributed by atoms with Gasteiger partial charge >= 0.3 is 0 Å².